The molecule has 0 aliphatic carbocycles. The largest absolute Gasteiger partial charge is 0.424 e. The lowest BCUT2D eigenvalue weighted by molar-refractivity contribution is 0.317. The van der Waals surface area contributed by atoms with Crippen molar-refractivity contribution >= 4 is 13.4 Å². The highest BCUT2D eigenvalue weighted by Gasteiger charge is 2.23. The summed E-state index contributed by atoms with van der Waals surface area (Å²) in [6, 6.07) is 8.15. The molecule has 1 rings (SSSR count). The molecule has 0 amide bonds. The van der Waals surface area contributed by atoms with Crippen LogP contribution in [0.25, 0.3) is 0 Å². The summed E-state index contributed by atoms with van der Waals surface area (Å²) in [6.45, 7) is 0. The molecule has 0 bridgehead atoms. The van der Waals surface area contributed by atoms with Crippen LogP contribution < -0.4 is 10.3 Å². The molecule has 0 aromatic heterocycles. The Morgan fingerprint density at radius 1 is 1.47 bits per heavy atom. The first-order valence-electron chi connectivity index (χ1n) is 4.06. The number of rotatable bonds is 4. The van der Waals surface area contributed by atoms with Crippen LogP contribution in [0.1, 0.15) is 0 Å². The van der Waals surface area contributed by atoms with Crippen molar-refractivity contribution in [2.45, 2.75) is 0 Å². The van der Waals surface area contributed by atoms with Crippen LogP contribution >= 0.6 is 7.60 Å². The number of oxime groups is 1. The van der Waals surface area contributed by atoms with Crippen LogP contribution in [-0.4, -0.2) is 22.1 Å². The summed E-state index contributed by atoms with van der Waals surface area (Å²) in [5.74, 6) is -0.0918. The summed E-state index contributed by atoms with van der Waals surface area (Å²) in [5, 5.41) is 10.8. The molecule has 0 saturated heterocycles. The molecular weight excluding hydrogens is 219 g/mol. The number of hydrogen-bond acceptors (Lipinski definition) is 4. The van der Waals surface area contributed by atoms with E-state index in [1.807, 2.05) is 0 Å². The van der Waals surface area contributed by atoms with Crippen LogP contribution in [-0.2, 0) is 4.57 Å². The summed E-state index contributed by atoms with van der Waals surface area (Å²) in [6.07, 6.45) is -0.515. The van der Waals surface area contributed by atoms with Gasteiger partial charge in [0.2, 0.25) is 0 Å². The number of para-hydroxylation sites is 1. The first-order chi connectivity index (χ1) is 7.03. The van der Waals surface area contributed by atoms with E-state index in [1.165, 1.54) is 12.1 Å². The van der Waals surface area contributed by atoms with E-state index in [0.717, 1.165) is 0 Å². The van der Waals surface area contributed by atoms with Crippen LogP contribution in [0.15, 0.2) is 35.5 Å². The Labute approximate surface area is 86.5 Å². The standard InChI is InChI=1S/C8H11N2O4P/c9-8(10-11)6-15(12,13)14-7-4-2-1-3-5-7/h1-5,11H,6H2,(H2,9,10)(H,12,13). The number of hydrogen-bond donors (Lipinski definition) is 3. The number of amidine groups is 1. The third-order valence-electron chi connectivity index (χ3n) is 1.48. The van der Waals surface area contributed by atoms with E-state index in [1.54, 1.807) is 18.2 Å². The van der Waals surface area contributed by atoms with Gasteiger partial charge in [0.1, 0.15) is 11.9 Å². The molecule has 82 valence electrons. The molecule has 0 heterocycles. The van der Waals surface area contributed by atoms with E-state index in [-0.39, 0.29) is 11.6 Å². The molecule has 0 aliphatic heterocycles. The first kappa shape index (κ1) is 11.6. The second-order valence-electron chi connectivity index (χ2n) is 2.79. The zero-order chi connectivity index (χ0) is 11.3. The maximum Gasteiger partial charge on any atom is 0.384 e. The van der Waals surface area contributed by atoms with Gasteiger partial charge in [-0.05, 0) is 12.1 Å². The molecule has 0 saturated carbocycles. The van der Waals surface area contributed by atoms with Crippen molar-refractivity contribution in [3.63, 3.8) is 0 Å². The Balaban J connectivity index is 2.69. The molecule has 1 atom stereocenters. The van der Waals surface area contributed by atoms with Gasteiger partial charge in [0.25, 0.3) is 0 Å². The van der Waals surface area contributed by atoms with E-state index in [9.17, 15) is 9.46 Å². The molecule has 7 heteroatoms. The van der Waals surface area contributed by atoms with Gasteiger partial charge in [-0.2, -0.15) is 0 Å². The number of nitrogens with zero attached hydrogens (tertiary/aromatic N) is 1. The van der Waals surface area contributed by atoms with Gasteiger partial charge >= 0.3 is 7.60 Å². The van der Waals surface area contributed by atoms with Gasteiger partial charge in [0, 0.05) is 0 Å². The molecule has 0 radical (unpaired) electrons. The maximum atomic E-state index is 11.4. The van der Waals surface area contributed by atoms with Gasteiger partial charge < -0.3 is 20.4 Å². The van der Waals surface area contributed by atoms with Crippen molar-refractivity contribution in [1.82, 2.24) is 0 Å². The van der Waals surface area contributed by atoms with E-state index in [4.69, 9.17) is 15.5 Å². The highest BCUT2D eigenvalue weighted by molar-refractivity contribution is 7.54. The third-order valence-corrected chi connectivity index (χ3v) is 2.70. The Hall–Kier alpha value is -1.52. The van der Waals surface area contributed by atoms with Gasteiger partial charge in [0.15, 0.2) is 5.84 Å². The van der Waals surface area contributed by atoms with Gasteiger partial charge in [-0.1, -0.05) is 23.4 Å². The van der Waals surface area contributed by atoms with E-state index in [0.29, 0.717) is 0 Å². The Morgan fingerprint density at radius 2 is 2.07 bits per heavy atom. The quantitative estimate of drug-likeness (QED) is 0.235. The minimum Gasteiger partial charge on any atom is -0.424 e. The van der Waals surface area contributed by atoms with Crippen molar-refractivity contribution < 1.29 is 19.2 Å². The van der Waals surface area contributed by atoms with Crippen LogP contribution in [0.3, 0.4) is 0 Å². The summed E-state index contributed by atoms with van der Waals surface area (Å²) in [5.41, 5.74) is 5.10. The lowest BCUT2D eigenvalue weighted by Crippen LogP contribution is -2.18. The summed E-state index contributed by atoms with van der Waals surface area (Å²) in [4.78, 5) is 9.33. The van der Waals surface area contributed by atoms with E-state index >= 15 is 0 Å². The SMILES string of the molecule is NC(CP(=O)(O)Oc1ccccc1)=NO. The molecule has 1 unspecified atom stereocenters. The Bertz CT molecular complexity index is 393. The fourth-order valence-electron chi connectivity index (χ4n) is 0.915. The zero-order valence-electron chi connectivity index (χ0n) is 7.78. The van der Waals surface area contributed by atoms with Gasteiger partial charge in [-0.25, -0.2) is 4.57 Å². The Kier molecular flexibility index (Phi) is 3.71. The minimum absolute atomic E-state index is 0.258. The normalized spacial score (nSPS) is 15.7. The second kappa shape index (κ2) is 4.82. The average Bonchev–Trinajstić information content (AvgIpc) is 2.17. The molecule has 4 N–H and O–H groups in total. The van der Waals surface area contributed by atoms with Crippen LogP contribution in [0.5, 0.6) is 5.75 Å². The van der Waals surface area contributed by atoms with Crippen molar-refractivity contribution in [2.24, 2.45) is 10.9 Å². The molecule has 15 heavy (non-hydrogen) atoms. The topological polar surface area (TPSA) is 105 Å². The van der Waals surface area contributed by atoms with Crippen molar-refractivity contribution in [3.05, 3.63) is 30.3 Å². The molecule has 6 nitrogen and oxygen atoms in total. The summed E-state index contributed by atoms with van der Waals surface area (Å²) in [7, 11) is -3.90. The predicted molar refractivity (Wildman–Crippen MR) is 55.2 cm³/mol. The lowest BCUT2D eigenvalue weighted by atomic mass is 10.3. The van der Waals surface area contributed by atoms with Gasteiger partial charge in [0.05, 0.1) is 0 Å². The van der Waals surface area contributed by atoms with Gasteiger partial charge in [-0.15, -0.1) is 0 Å². The molecule has 1 aromatic rings. The molecular formula is C8H11N2O4P. The number of benzene rings is 1. The predicted octanol–water partition coefficient (Wildman–Crippen LogP) is 0.997. The molecule has 0 spiro atoms. The fourth-order valence-corrected chi connectivity index (χ4v) is 1.90. The highest BCUT2D eigenvalue weighted by atomic mass is 31.2. The van der Waals surface area contributed by atoms with Crippen molar-refractivity contribution in [1.29, 1.82) is 0 Å². The highest BCUT2D eigenvalue weighted by Crippen LogP contribution is 2.41. The van der Waals surface area contributed by atoms with Crippen molar-refractivity contribution in [3.8, 4) is 5.75 Å². The monoisotopic (exact) mass is 230 g/mol. The molecule has 0 fully saturated rings. The summed E-state index contributed by atoms with van der Waals surface area (Å²) < 4.78 is 16.2. The second-order valence-corrected chi connectivity index (χ2v) is 4.56. The molecule has 0 aliphatic rings. The van der Waals surface area contributed by atoms with E-state index in [2.05, 4.69) is 5.16 Å². The average molecular weight is 230 g/mol. The van der Waals surface area contributed by atoms with Crippen LogP contribution in [0.2, 0.25) is 0 Å². The van der Waals surface area contributed by atoms with Gasteiger partial charge in [-0.3, -0.25) is 0 Å². The minimum atomic E-state index is -3.90. The van der Waals surface area contributed by atoms with E-state index < -0.39 is 13.8 Å². The van der Waals surface area contributed by atoms with Crippen molar-refractivity contribution in [2.75, 3.05) is 6.16 Å². The number of nitrogens with two attached hydrogens (primary N) is 1. The Morgan fingerprint density at radius 3 is 2.60 bits per heavy atom. The molecule has 1 aromatic carbocycles. The summed E-state index contributed by atoms with van der Waals surface area (Å²) >= 11 is 0. The lowest BCUT2D eigenvalue weighted by Gasteiger charge is -2.11. The first-order valence-corrected chi connectivity index (χ1v) is 5.82. The fraction of sp³-hybridized carbons (Fsp3) is 0.125. The van der Waals surface area contributed by atoms with Crippen LogP contribution in [0, 0.1) is 0 Å². The maximum absolute atomic E-state index is 11.4. The van der Waals surface area contributed by atoms with Crippen LogP contribution in [0.4, 0.5) is 0 Å². The third kappa shape index (κ3) is 4.01. The zero-order valence-corrected chi connectivity index (χ0v) is 8.67. The smallest absolute Gasteiger partial charge is 0.384 e.